The molecule has 0 aliphatic carbocycles. The van der Waals surface area contributed by atoms with Crippen LogP contribution in [0.4, 0.5) is 0 Å². The van der Waals surface area contributed by atoms with Gasteiger partial charge in [0.15, 0.2) is 0 Å². The lowest BCUT2D eigenvalue weighted by Crippen LogP contribution is -2.13. The van der Waals surface area contributed by atoms with Crippen LogP contribution in [0.15, 0.2) is 29.1 Å². The minimum absolute atomic E-state index is 0.0292. The van der Waals surface area contributed by atoms with Gasteiger partial charge in [-0.05, 0) is 24.3 Å². The second kappa shape index (κ2) is 4.37. The van der Waals surface area contributed by atoms with Gasteiger partial charge in [0.2, 0.25) is 0 Å². The molecular weight excluding hydrogens is 206 g/mol. The van der Waals surface area contributed by atoms with E-state index >= 15 is 0 Å². The first-order chi connectivity index (χ1) is 7.74. The number of nitrogens with one attached hydrogen (secondary N) is 1. The smallest absolute Gasteiger partial charge is 0.251 e. The van der Waals surface area contributed by atoms with Crippen molar-refractivity contribution in [2.45, 2.75) is 6.42 Å². The number of H-pyrrole nitrogens is 1. The van der Waals surface area contributed by atoms with E-state index in [9.17, 15) is 4.79 Å². The maximum atomic E-state index is 11.6. The predicted molar refractivity (Wildman–Crippen MR) is 61.9 cm³/mol. The van der Waals surface area contributed by atoms with Crippen molar-refractivity contribution in [3.05, 3.63) is 40.2 Å². The molecule has 0 radical (unpaired) electrons. The molecular formula is C12H13NO3. The number of hydrogen-bond donors (Lipinski definition) is 2. The topological polar surface area (TPSA) is 62.3 Å². The summed E-state index contributed by atoms with van der Waals surface area (Å²) in [5, 5.41) is 9.74. The summed E-state index contributed by atoms with van der Waals surface area (Å²) < 4.78 is 5.11. The van der Waals surface area contributed by atoms with Crippen molar-refractivity contribution in [2.24, 2.45) is 0 Å². The molecule has 16 heavy (non-hydrogen) atoms. The summed E-state index contributed by atoms with van der Waals surface area (Å²) in [6, 6.07) is 7.24. The van der Waals surface area contributed by atoms with E-state index in [4.69, 9.17) is 9.84 Å². The summed E-state index contributed by atoms with van der Waals surface area (Å²) in [6.07, 6.45) is 0.364. The number of aromatic amines is 1. The lowest BCUT2D eigenvalue weighted by atomic mass is 10.1. The SMILES string of the molecule is COc1ccc2[nH]c(=O)c(CCO)cc2c1. The van der Waals surface area contributed by atoms with E-state index in [1.54, 1.807) is 25.3 Å². The van der Waals surface area contributed by atoms with Crippen molar-refractivity contribution < 1.29 is 9.84 Å². The van der Waals surface area contributed by atoms with Crippen molar-refractivity contribution >= 4 is 10.9 Å². The Morgan fingerprint density at radius 3 is 2.88 bits per heavy atom. The molecule has 4 heteroatoms. The highest BCUT2D eigenvalue weighted by atomic mass is 16.5. The summed E-state index contributed by atoms with van der Waals surface area (Å²) in [7, 11) is 1.60. The van der Waals surface area contributed by atoms with Crippen molar-refractivity contribution in [2.75, 3.05) is 13.7 Å². The van der Waals surface area contributed by atoms with Crippen LogP contribution >= 0.6 is 0 Å². The van der Waals surface area contributed by atoms with Crippen molar-refractivity contribution in [1.82, 2.24) is 4.98 Å². The number of rotatable bonds is 3. The lowest BCUT2D eigenvalue weighted by Gasteiger charge is -2.04. The maximum absolute atomic E-state index is 11.6. The zero-order valence-electron chi connectivity index (χ0n) is 8.99. The minimum Gasteiger partial charge on any atom is -0.497 e. The van der Waals surface area contributed by atoms with Crippen molar-refractivity contribution in [3.8, 4) is 5.75 Å². The van der Waals surface area contributed by atoms with Crippen LogP contribution < -0.4 is 10.3 Å². The number of fused-ring (bicyclic) bond motifs is 1. The van der Waals surface area contributed by atoms with E-state index in [1.807, 2.05) is 6.07 Å². The van der Waals surface area contributed by atoms with E-state index in [0.29, 0.717) is 12.0 Å². The van der Waals surface area contributed by atoms with Crippen LogP contribution in [0.25, 0.3) is 10.9 Å². The summed E-state index contributed by atoms with van der Waals surface area (Å²) >= 11 is 0. The standard InChI is InChI=1S/C12H13NO3/c1-16-10-2-3-11-9(7-10)6-8(4-5-14)12(15)13-11/h2-3,6-7,14H,4-5H2,1H3,(H,13,15). The first-order valence-electron chi connectivity index (χ1n) is 5.05. The lowest BCUT2D eigenvalue weighted by molar-refractivity contribution is 0.299. The van der Waals surface area contributed by atoms with Gasteiger partial charge >= 0.3 is 0 Å². The van der Waals surface area contributed by atoms with E-state index in [2.05, 4.69) is 4.98 Å². The second-order valence-corrected chi connectivity index (χ2v) is 3.55. The highest BCUT2D eigenvalue weighted by Gasteiger charge is 2.03. The van der Waals surface area contributed by atoms with Gasteiger partial charge in [-0.15, -0.1) is 0 Å². The molecule has 0 saturated heterocycles. The number of pyridine rings is 1. The van der Waals surface area contributed by atoms with Gasteiger partial charge < -0.3 is 14.8 Å². The van der Waals surface area contributed by atoms with Crippen LogP contribution in [-0.2, 0) is 6.42 Å². The fourth-order valence-electron chi connectivity index (χ4n) is 1.66. The number of benzene rings is 1. The Bertz CT molecular complexity index is 560. The zero-order valence-corrected chi connectivity index (χ0v) is 8.99. The first kappa shape index (κ1) is 10.7. The van der Waals surface area contributed by atoms with Crippen molar-refractivity contribution in [3.63, 3.8) is 0 Å². The fraction of sp³-hybridized carbons (Fsp3) is 0.250. The van der Waals surface area contributed by atoms with E-state index in [-0.39, 0.29) is 12.2 Å². The Labute approximate surface area is 92.5 Å². The number of aliphatic hydroxyl groups is 1. The molecule has 0 unspecified atom stereocenters. The molecule has 0 aliphatic heterocycles. The maximum Gasteiger partial charge on any atom is 0.251 e. The third-order valence-electron chi connectivity index (χ3n) is 2.51. The van der Waals surface area contributed by atoms with E-state index in [1.165, 1.54) is 0 Å². The monoisotopic (exact) mass is 219 g/mol. The molecule has 0 aliphatic rings. The molecule has 0 bridgehead atoms. The van der Waals surface area contributed by atoms with Gasteiger partial charge in [0, 0.05) is 29.5 Å². The Kier molecular flexibility index (Phi) is 2.92. The molecule has 2 aromatic rings. The molecule has 0 saturated carbocycles. The van der Waals surface area contributed by atoms with Gasteiger partial charge in [-0.25, -0.2) is 0 Å². The molecule has 0 spiro atoms. The molecule has 0 atom stereocenters. The summed E-state index contributed by atoms with van der Waals surface area (Å²) in [6.45, 7) is -0.0292. The molecule has 84 valence electrons. The highest BCUT2D eigenvalue weighted by molar-refractivity contribution is 5.80. The molecule has 2 N–H and O–H groups in total. The second-order valence-electron chi connectivity index (χ2n) is 3.55. The van der Waals surface area contributed by atoms with Gasteiger partial charge in [0.25, 0.3) is 5.56 Å². The zero-order chi connectivity index (χ0) is 11.5. The minimum atomic E-state index is -0.147. The Morgan fingerprint density at radius 1 is 1.38 bits per heavy atom. The van der Waals surface area contributed by atoms with Gasteiger partial charge in [-0.2, -0.15) is 0 Å². The average Bonchev–Trinajstić information content (AvgIpc) is 2.30. The van der Waals surface area contributed by atoms with Crippen LogP contribution in [-0.4, -0.2) is 23.8 Å². The third kappa shape index (κ3) is 1.92. The van der Waals surface area contributed by atoms with E-state index < -0.39 is 0 Å². The molecule has 1 heterocycles. The van der Waals surface area contributed by atoms with Crippen LogP contribution in [0, 0.1) is 0 Å². The third-order valence-corrected chi connectivity index (χ3v) is 2.51. The van der Waals surface area contributed by atoms with Gasteiger partial charge in [0.1, 0.15) is 5.75 Å². The quantitative estimate of drug-likeness (QED) is 0.811. The number of aromatic nitrogens is 1. The van der Waals surface area contributed by atoms with Crippen LogP contribution in [0.3, 0.4) is 0 Å². The summed E-state index contributed by atoms with van der Waals surface area (Å²) in [5.41, 5.74) is 1.21. The van der Waals surface area contributed by atoms with Gasteiger partial charge in [-0.1, -0.05) is 0 Å². The molecule has 2 rings (SSSR count). The number of ether oxygens (including phenoxy) is 1. The number of hydrogen-bond acceptors (Lipinski definition) is 3. The molecule has 0 fully saturated rings. The largest absolute Gasteiger partial charge is 0.497 e. The van der Waals surface area contributed by atoms with Gasteiger partial charge in [0.05, 0.1) is 7.11 Å². The fourth-order valence-corrected chi connectivity index (χ4v) is 1.66. The Morgan fingerprint density at radius 2 is 2.19 bits per heavy atom. The summed E-state index contributed by atoms with van der Waals surface area (Å²) in [5.74, 6) is 0.745. The molecule has 1 aromatic heterocycles. The number of methoxy groups -OCH3 is 1. The normalized spacial score (nSPS) is 10.6. The van der Waals surface area contributed by atoms with Crippen LogP contribution in [0.5, 0.6) is 5.75 Å². The predicted octanol–water partition coefficient (Wildman–Crippen LogP) is 1.07. The molecule has 0 amide bonds. The highest BCUT2D eigenvalue weighted by Crippen LogP contribution is 2.18. The Balaban J connectivity index is 2.61. The van der Waals surface area contributed by atoms with Crippen LogP contribution in [0.1, 0.15) is 5.56 Å². The van der Waals surface area contributed by atoms with E-state index in [0.717, 1.165) is 16.7 Å². The average molecular weight is 219 g/mol. The van der Waals surface area contributed by atoms with Crippen LogP contribution in [0.2, 0.25) is 0 Å². The first-order valence-corrected chi connectivity index (χ1v) is 5.05. The van der Waals surface area contributed by atoms with Crippen molar-refractivity contribution in [1.29, 1.82) is 0 Å². The summed E-state index contributed by atoms with van der Waals surface area (Å²) in [4.78, 5) is 14.4. The number of aliphatic hydroxyl groups excluding tert-OH is 1. The molecule has 1 aromatic carbocycles. The van der Waals surface area contributed by atoms with Gasteiger partial charge in [-0.3, -0.25) is 4.79 Å². The Hall–Kier alpha value is -1.81. The molecule has 4 nitrogen and oxygen atoms in total.